The molecule has 0 unspecified atom stereocenters. The highest BCUT2D eigenvalue weighted by atomic mass is 19.1. The number of aryl methyl sites for hydroxylation is 2. The van der Waals surface area contributed by atoms with Crippen molar-refractivity contribution in [2.45, 2.75) is 33.6 Å². The molecule has 2 aromatic rings. The van der Waals surface area contributed by atoms with Crippen molar-refractivity contribution >= 4 is 11.5 Å². The van der Waals surface area contributed by atoms with Crippen LogP contribution < -0.4 is 10.5 Å². The molecule has 122 valence electrons. The van der Waals surface area contributed by atoms with Gasteiger partial charge in [0.15, 0.2) is 0 Å². The van der Waals surface area contributed by atoms with Crippen LogP contribution in [-0.4, -0.2) is 5.84 Å². The second-order valence-electron chi connectivity index (χ2n) is 5.46. The molecule has 0 aliphatic carbocycles. The molecule has 0 saturated carbocycles. The molecule has 0 saturated heterocycles. The van der Waals surface area contributed by atoms with Gasteiger partial charge in [0.05, 0.1) is 11.5 Å². The lowest BCUT2D eigenvalue weighted by Gasteiger charge is -2.12. The van der Waals surface area contributed by atoms with Crippen LogP contribution in [0.15, 0.2) is 35.3 Å². The number of aliphatic imine (C=N–C) groups is 1. The van der Waals surface area contributed by atoms with Crippen molar-refractivity contribution in [3.05, 3.63) is 53.1 Å². The number of halogens is 2. The van der Waals surface area contributed by atoms with Gasteiger partial charge in [0, 0.05) is 24.6 Å². The SMILES string of the molecule is CCCC(N)=Nc1cc(C)c(Oc2cc(F)cc(F)c2)cc1C. The summed E-state index contributed by atoms with van der Waals surface area (Å²) in [6.07, 6.45) is 1.67. The number of nitrogens with two attached hydrogens (primary N) is 1. The second kappa shape index (κ2) is 7.22. The van der Waals surface area contributed by atoms with E-state index in [1.807, 2.05) is 26.8 Å². The molecule has 0 fully saturated rings. The summed E-state index contributed by atoms with van der Waals surface area (Å²) in [6.45, 7) is 5.77. The van der Waals surface area contributed by atoms with E-state index >= 15 is 0 Å². The van der Waals surface area contributed by atoms with Crippen LogP contribution in [-0.2, 0) is 0 Å². The minimum atomic E-state index is -0.678. The minimum absolute atomic E-state index is 0.117. The van der Waals surface area contributed by atoms with E-state index in [0.717, 1.165) is 47.9 Å². The van der Waals surface area contributed by atoms with Gasteiger partial charge in [-0.25, -0.2) is 13.8 Å². The zero-order valence-electron chi connectivity index (χ0n) is 13.5. The Morgan fingerprint density at radius 2 is 1.70 bits per heavy atom. The molecule has 0 atom stereocenters. The highest BCUT2D eigenvalue weighted by Crippen LogP contribution is 2.32. The van der Waals surface area contributed by atoms with E-state index in [1.165, 1.54) is 0 Å². The Kier molecular flexibility index (Phi) is 5.32. The van der Waals surface area contributed by atoms with Crippen molar-refractivity contribution in [1.29, 1.82) is 0 Å². The van der Waals surface area contributed by atoms with Crippen LogP contribution in [0.3, 0.4) is 0 Å². The van der Waals surface area contributed by atoms with E-state index in [1.54, 1.807) is 6.07 Å². The van der Waals surface area contributed by atoms with Gasteiger partial charge < -0.3 is 10.5 Å². The van der Waals surface area contributed by atoms with Crippen LogP contribution in [0.2, 0.25) is 0 Å². The van der Waals surface area contributed by atoms with Gasteiger partial charge in [-0.2, -0.15) is 0 Å². The first-order valence-electron chi connectivity index (χ1n) is 7.47. The zero-order chi connectivity index (χ0) is 17.0. The van der Waals surface area contributed by atoms with Gasteiger partial charge >= 0.3 is 0 Å². The van der Waals surface area contributed by atoms with Gasteiger partial charge in [0.2, 0.25) is 0 Å². The number of nitrogens with zero attached hydrogens (tertiary/aromatic N) is 1. The highest BCUT2D eigenvalue weighted by Gasteiger charge is 2.09. The molecule has 0 bridgehead atoms. The summed E-state index contributed by atoms with van der Waals surface area (Å²) >= 11 is 0. The fourth-order valence-corrected chi connectivity index (χ4v) is 2.19. The third-order valence-corrected chi connectivity index (χ3v) is 3.33. The minimum Gasteiger partial charge on any atom is -0.457 e. The Morgan fingerprint density at radius 1 is 1.04 bits per heavy atom. The lowest BCUT2D eigenvalue weighted by Crippen LogP contribution is -2.10. The maximum atomic E-state index is 13.2. The third-order valence-electron chi connectivity index (χ3n) is 3.33. The van der Waals surface area contributed by atoms with Gasteiger partial charge in [-0.15, -0.1) is 0 Å². The van der Waals surface area contributed by atoms with E-state index in [9.17, 15) is 8.78 Å². The molecule has 0 radical (unpaired) electrons. The maximum Gasteiger partial charge on any atom is 0.133 e. The van der Waals surface area contributed by atoms with Crippen LogP contribution in [0, 0.1) is 25.5 Å². The summed E-state index contributed by atoms with van der Waals surface area (Å²) in [7, 11) is 0. The Bertz CT molecular complexity index is 722. The molecule has 3 nitrogen and oxygen atoms in total. The molecule has 2 aromatic carbocycles. The van der Waals surface area contributed by atoms with Gasteiger partial charge in [-0.3, -0.25) is 0 Å². The van der Waals surface area contributed by atoms with Gasteiger partial charge in [-0.1, -0.05) is 6.92 Å². The fourth-order valence-electron chi connectivity index (χ4n) is 2.19. The third kappa shape index (κ3) is 4.52. The van der Waals surface area contributed by atoms with Crippen molar-refractivity contribution in [2.24, 2.45) is 10.7 Å². The lowest BCUT2D eigenvalue weighted by atomic mass is 10.1. The van der Waals surface area contributed by atoms with Crippen LogP contribution >= 0.6 is 0 Å². The monoisotopic (exact) mass is 318 g/mol. The molecule has 0 spiro atoms. The second-order valence-corrected chi connectivity index (χ2v) is 5.46. The quantitative estimate of drug-likeness (QED) is 0.611. The summed E-state index contributed by atoms with van der Waals surface area (Å²) in [5.41, 5.74) is 8.32. The first-order chi connectivity index (χ1) is 10.9. The van der Waals surface area contributed by atoms with Crippen molar-refractivity contribution in [3.8, 4) is 11.5 Å². The molecular formula is C18H20F2N2O. The summed E-state index contributed by atoms with van der Waals surface area (Å²) in [6, 6.07) is 6.73. The van der Waals surface area contributed by atoms with Crippen molar-refractivity contribution in [1.82, 2.24) is 0 Å². The molecule has 0 aliphatic rings. The molecule has 0 amide bonds. The molecule has 2 rings (SSSR count). The number of hydrogen-bond donors (Lipinski definition) is 1. The normalized spacial score (nSPS) is 11.6. The average molecular weight is 318 g/mol. The topological polar surface area (TPSA) is 47.6 Å². The average Bonchev–Trinajstić information content (AvgIpc) is 2.43. The van der Waals surface area contributed by atoms with E-state index in [4.69, 9.17) is 10.5 Å². The van der Waals surface area contributed by atoms with Crippen LogP contribution in [0.25, 0.3) is 0 Å². The molecule has 0 aliphatic heterocycles. The number of hydrogen-bond acceptors (Lipinski definition) is 2. The standard InChI is InChI=1S/C18H20F2N2O/c1-4-5-18(21)22-16-6-12(3)17(7-11(16)2)23-15-9-13(19)8-14(20)10-15/h6-10H,4-5H2,1-3H3,(H2,21,22). The van der Waals surface area contributed by atoms with E-state index in [0.29, 0.717) is 11.6 Å². The number of rotatable bonds is 5. The van der Waals surface area contributed by atoms with Crippen LogP contribution in [0.4, 0.5) is 14.5 Å². The van der Waals surface area contributed by atoms with Crippen molar-refractivity contribution in [2.75, 3.05) is 0 Å². The maximum absolute atomic E-state index is 13.2. The first kappa shape index (κ1) is 16.9. The van der Waals surface area contributed by atoms with E-state index in [2.05, 4.69) is 4.99 Å². The van der Waals surface area contributed by atoms with Crippen molar-refractivity contribution in [3.63, 3.8) is 0 Å². The molecule has 5 heteroatoms. The Labute approximate surface area is 134 Å². The summed E-state index contributed by atoms with van der Waals surface area (Å²) in [4.78, 5) is 4.40. The van der Waals surface area contributed by atoms with Crippen LogP contribution in [0.1, 0.15) is 30.9 Å². The smallest absolute Gasteiger partial charge is 0.133 e. The number of ether oxygens (including phenoxy) is 1. The number of amidine groups is 1. The molecule has 0 aromatic heterocycles. The predicted molar refractivity (Wildman–Crippen MR) is 88.5 cm³/mol. The first-order valence-corrected chi connectivity index (χ1v) is 7.47. The molecule has 0 heterocycles. The van der Waals surface area contributed by atoms with Gasteiger partial charge in [-0.05, 0) is 43.5 Å². The Hall–Kier alpha value is -2.43. The van der Waals surface area contributed by atoms with Gasteiger partial charge in [0.1, 0.15) is 23.1 Å². The molecule has 2 N–H and O–H groups in total. The Balaban J connectivity index is 2.31. The largest absolute Gasteiger partial charge is 0.457 e. The van der Waals surface area contributed by atoms with Crippen LogP contribution in [0.5, 0.6) is 11.5 Å². The fraction of sp³-hybridized carbons (Fsp3) is 0.278. The van der Waals surface area contributed by atoms with Gasteiger partial charge in [0.25, 0.3) is 0 Å². The zero-order valence-corrected chi connectivity index (χ0v) is 13.5. The van der Waals surface area contributed by atoms with Crippen molar-refractivity contribution < 1.29 is 13.5 Å². The summed E-state index contributed by atoms with van der Waals surface area (Å²) in [5.74, 6) is -0.131. The summed E-state index contributed by atoms with van der Waals surface area (Å²) in [5, 5.41) is 0. The van der Waals surface area contributed by atoms with E-state index in [-0.39, 0.29) is 5.75 Å². The van der Waals surface area contributed by atoms with E-state index < -0.39 is 11.6 Å². The number of benzene rings is 2. The summed E-state index contributed by atoms with van der Waals surface area (Å²) < 4.78 is 32.1. The molecule has 23 heavy (non-hydrogen) atoms. The molecular weight excluding hydrogens is 298 g/mol. The lowest BCUT2D eigenvalue weighted by molar-refractivity contribution is 0.465. The highest BCUT2D eigenvalue weighted by molar-refractivity contribution is 5.83. The predicted octanol–water partition coefficient (Wildman–Crippen LogP) is 5.16. The Morgan fingerprint density at radius 3 is 2.30 bits per heavy atom.